The van der Waals surface area contributed by atoms with E-state index in [-0.39, 0.29) is 17.8 Å². The second kappa shape index (κ2) is 9.22. The Morgan fingerprint density at radius 3 is 2.81 bits per heavy atom. The zero-order valence-electron chi connectivity index (χ0n) is 18.3. The van der Waals surface area contributed by atoms with Crippen LogP contribution >= 0.6 is 11.6 Å². The van der Waals surface area contributed by atoms with Crippen LogP contribution in [0.2, 0.25) is 5.02 Å². The molecule has 2 N–H and O–H groups in total. The van der Waals surface area contributed by atoms with Crippen LogP contribution in [-0.4, -0.2) is 52.5 Å². The first-order chi connectivity index (χ1) is 15.4. The van der Waals surface area contributed by atoms with Crippen molar-refractivity contribution in [2.45, 2.75) is 32.4 Å². The maximum atomic E-state index is 13.4. The van der Waals surface area contributed by atoms with Gasteiger partial charge in [-0.3, -0.25) is 9.89 Å². The number of fused-ring (bicyclic) bond motifs is 1. The number of methoxy groups -OCH3 is 1. The van der Waals surface area contributed by atoms with E-state index in [1.165, 1.54) is 6.07 Å². The van der Waals surface area contributed by atoms with E-state index in [9.17, 15) is 9.90 Å². The summed E-state index contributed by atoms with van der Waals surface area (Å²) >= 11 is 6.19. The van der Waals surface area contributed by atoms with E-state index in [1.807, 2.05) is 43.0 Å². The number of H-pyrrole nitrogens is 1. The molecule has 3 aromatic rings. The van der Waals surface area contributed by atoms with Gasteiger partial charge < -0.3 is 19.5 Å². The molecular weight excluding hydrogens is 430 g/mol. The number of nitrogens with one attached hydrogen (secondary N) is 1. The van der Waals surface area contributed by atoms with E-state index >= 15 is 0 Å². The number of benzene rings is 2. The van der Waals surface area contributed by atoms with Gasteiger partial charge in [0.2, 0.25) is 0 Å². The minimum absolute atomic E-state index is 0.0457. The van der Waals surface area contributed by atoms with Gasteiger partial charge in [-0.15, -0.1) is 0 Å². The molecule has 1 atom stereocenters. The van der Waals surface area contributed by atoms with Crippen LogP contribution in [0.1, 0.15) is 47.9 Å². The Morgan fingerprint density at radius 1 is 1.25 bits per heavy atom. The van der Waals surface area contributed by atoms with Gasteiger partial charge in [0.25, 0.3) is 5.91 Å². The SMILES string of the molecule is COc1cccc(C2c3c(-c4cc(Cl)ccc4O)n[nH]c3C(=O)N2CCCOC(C)C)c1. The van der Waals surface area contributed by atoms with Crippen LogP contribution in [0, 0.1) is 0 Å². The predicted molar refractivity (Wildman–Crippen MR) is 122 cm³/mol. The maximum absolute atomic E-state index is 13.4. The standard InChI is InChI=1S/C24H26ClN3O4/c1-14(2)32-11-5-10-28-23(15-6-4-7-17(12-15)31-3)20-21(26-27-22(20)24(28)30)18-13-16(25)8-9-19(18)29/h4,6-9,12-14,23,29H,5,10-11H2,1-3H3,(H,26,27). The van der Waals surface area contributed by atoms with Gasteiger partial charge in [-0.2, -0.15) is 5.10 Å². The first kappa shape index (κ1) is 22.2. The van der Waals surface area contributed by atoms with E-state index in [2.05, 4.69) is 10.2 Å². The number of aromatic nitrogens is 2. The fraction of sp³-hybridized carbons (Fsp3) is 0.333. The average molecular weight is 456 g/mol. The molecule has 1 amide bonds. The van der Waals surface area contributed by atoms with Crippen molar-refractivity contribution in [2.24, 2.45) is 0 Å². The molecular formula is C24H26ClN3O4. The molecule has 2 aromatic carbocycles. The van der Waals surface area contributed by atoms with E-state index in [4.69, 9.17) is 21.1 Å². The van der Waals surface area contributed by atoms with Crippen LogP contribution in [0.25, 0.3) is 11.3 Å². The summed E-state index contributed by atoms with van der Waals surface area (Å²) in [5.41, 5.74) is 3.00. The van der Waals surface area contributed by atoms with Crippen molar-refractivity contribution < 1.29 is 19.4 Å². The number of nitrogens with zero attached hydrogens (tertiary/aromatic N) is 2. The highest BCUT2D eigenvalue weighted by atomic mass is 35.5. The monoisotopic (exact) mass is 455 g/mol. The molecule has 4 rings (SSSR count). The van der Waals surface area contributed by atoms with Crippen LogP contribution in [0.3, 0.4) is 0 Å². The third-order valence-electron chi connectivity index (χ3n) is 5.48. The lowest BCUT2D eigenvalue weighted by Crippen LogP contribution is -2.31. The first-order valence-electron chi connectivity index (χ1n) is 10.5. The number of halogens is 1. The van der Waals surface area contributed by atoms with Crippen molar-refractivity contribution in [3.63, 3.8) is 0 Å². The molecule has 0 saturated carbocycles. The van der Waals surface area contributed by atoms with Crippen LogP contribution in [0.15, 0.2) is 42.5 Å². The number of rotatable bonds is 8. The number of hydrogen-bond acceptors (Lipinski definition) is 5. The van der Waals surface area contributed by atoms with Crippen molar-refractivity contribution in [3.05, 3.63) is 64.3 Å². The second-order valence-corrected chi connectivity index (χ2v) is 8.41. The van der Waals surface area contributed by atoms with Gasteiger partial charge in [0.05, 0.1) is 19.3 Å². The normalized spacial score (nSPS) is 15.5. The predicted octanol–water partition coefficient (Wildman–Crippen LogP) is 4.80. The van der Waals surface area contributed by atoms with Gasteiger partial charge in [0, 0.05) is 29.3 Å². The summed E-state index contributed by atoms with van der Waals surface area (Å²) in [7, 11) is 1.61. The van der Waals surface area contributed by atoms with Crippen molar-refractivity contribution in [2.75, 3.05) is 20.3 Å². The highest BCUT2D eigenvalue weighted by molar-refractivity contribution is 6.31. The molecule has 0 radical (unpaired) electrons. The number of carbonyl (C=O) groups excluding carboxylic acids is 1. The van der Waals surface area contributed by atoms with Gasteiger partial charge in [-0.05, 0) is 56.2 Å². The third kappa shape index (κ3) is 4.18. The van der Waals surface area contributed by atoms with Gasteiger partial charge in [0.1, 0.15) is 22.9 Å². The Balaban J connectivity index is 1.78. The van der Waals surface area contributed by atoms with Gasteiger partial charge >= 0.3 is 0 Å². The smallest absolute Gasteiger partial charge is 0.273 e. The Labute approximate surface area is 191 Å². The quantitative estimate of drug-likeness (QED) is 0.476. The van der Waals surface area contributed by atoms with E-state index in [1.54, 1.807) is 19.2 Å². The lowest BCUT2D eigenvalue weighted by atomic mass is 9.95. The van der Waals surface area contributed by atoms with Crippen molar-refractivity contribution in [3.8, 4) is 22.8 Å². The Bertz CT molecular complexity index is 1130. The van der Waals surface area contributed by atoms with Crippen LogP contribution in [-0.2, 0) is 4.74 Å². The molecule has 0 spiro atoms. The Morgan fingerprint density at radius 2 is 2.06 bits per heavy atom. The Hall–Kier alpha value is -3.03. The molecule has 32 heavy (non-hydrogen) atoms. The topological polar surface area (TPSA) is 87.7 Å². The van der Waals surface area contributed by atoms with Crippen molar-refractivity contribution in [1.29, 1.82) is 0 Å². The number of amides is 1. The largest absolute Gasteiger partial charge is 0.507 e. The summed E-state index contributed by atoms with van der Waals surface area (Å²) < 4.78 is 11.1. The number of carbonyl (C=O) groups is 1. The van der Waals surface area contributed by atoms with Gasteiger partial charge in [-0.1, -0.05) is 23.7 Å². The lowest BCUT2D eigenvalue weighted by molar-refractivity contribution is 0.0601. The van der Waals surface area contributed by atoms with Crippen molar-refractivity contribution >= 4 is 17.5 Å². The molecule has 7 nitrogen and oxygen atoms in total. The summed E-state index contributed by atoms with van der Waals surface area (Å²) in [6.45, 7) is 5.04. The highest BCUT2D eigenvalue weighted by Gasteiger charge is 2.42. The highest BCUT2D eigenvalue weighted by Crippen LogP contribution is 2.45. The molecule has 1 unspecified atom stereocenters. The molecule has 1 aliphatic rings. The summed E-state index contributed by atoms with van der Waals surface area (Å²) in [6, 6.07) is 12.0. The maximum Gasteiger partial charge on any atom is 0.273 e. The summed E-state index contributed by atoms with van der Waals surface area (Å²) in [5, 5.41) is 18.2. The molecule has 8 heteroatoms. The van der Waals surface area contributed by atoms with Gasteiger partial charge in [0.15, 0.2) is 0 Å². The van der Waals surface area contributed by atoms with Crippen LogP contribution < -0.4 is 4.74 Å². The minimum atomic E-state index is -0.390. The first-order valence-corrected chi connectivity index (χ1v) is 10.9. The zero-order valence-corrected chi connectivity index (χ0v) is 19.0. The molecule has 0 aliphatic carbocycles. The lowest BCUT2D eigenvalue weighted by Gasteiger charge is -2.27. The molecule has 0 saturated heterocycles. The number of aromatic hydroxyl groups is 1. The average Bonchev–Trinajstić information content (AvgIpc) is 3.32. The summed E-state index contributed by atoms with van der Waals surface area (Å²) in [4.78, 5) is 15.2. The minimum Gasteiger partial charge on any atom is -0.507 e. The van der Waals surface area contributed by atoms with Gasteiger partial charge in [-0.25, -0.2) is 0 Å². The van der Waals surface area contributed by atoms with Crippen LogP contribution in [0.5, 0.6) is 11.5 Å². The van der Waals surface area contributed by atoms with E-state index in [0.717, 1.165) is 5.56 Å². The number of ether oxygens (including phenoxy) is 2. The molecule has 1 aliphatic heterocycles. The summed E-state index contributed by atoms with van der Waals surface area (Å²) in [6.07, 6.45) is 0.827. The fourth-order valence-corrected chi connectivity index (χ4v) is 4.21. The number of phenols is 1. The van der Waals surface area contributed by atoms with E-state index < -0.39 is 6.04 Å². The molecule has 168 valence electrons. The van der Waals surface area contributed by atoms with Crippen molar-refractivity contribution in [1.82, 2.24) is 15.1 Å². The summed E-state index contributed by atoms with van der Waals surface area (Å²) in [5.74, 6) is 0.601. The number of aromatic amines is 1. The number of hydrogen-bond donors (Lipinski definition) is 2. The number of phenolic OH excluding ortho intramolecular Hbond substituents is 1. The molecule has 2 heterocycles. The molecule has 1 aromatic heterocycles. The molecule has 0 bridgehead atoms. The third-order valence-corrected chi connectivity index (χ3v) is 5.72. The van der Waals surface area contributed by atoms with E-state index in [0.29, 0.717) is 52.9 Å². The Kier molecular flexibility index (Phi) is 6.39. The molecule has 0 fully saturated rings. The zero-order chi connectivity index (χ0) is 22.8. The van der Waals surface area contributed by atoms with Crippen LogP contribution in [0.4, 0.5) is 0 Å². The second-order valence-electron chi connectivity index (χ2n) is 7.97. The fourth-order valence-electron chi connectivity index (χ4n) is 4.04.